The number of aryl methyl sites for hydroxylation is 1. The summed E-state index contributed by atoms with van der Waals surface area (Å²) in [7, 11) is 0. The number of carbonyl (C=O) groups excluding carboxylic acids is 1. The van der Waals surface area contributed by atoms with E-state index in [-0.39, 0.29) is 0 Å². The van der Waals surface area contributed by atoms with Crippen molar-refractivity contribution in [2.75, 3.05) is 0 Å². The van der Waals surface area contributed by atoms with E-state index in [2.05, 4.69) is 5.10 Å². The Balaban J connectivity index is 2.30. The van der Waals surface area contributed by atoms with Gasteiger partial charge in [0.05, 0.1) is 17.8 Å². The average Bonchev–Trinajstić information content (AvgIpc) is 2.57. The molecule has 0 saturated heterocycles. The molecule has 0 bridgehead atoms. The summed E-state index contributed by atoms with van der Waals surface area (Å²) in [6, 6.07) is 7.41. The van der Waals surface area contributed by atoms with Gasteiger partial charge in [-0.15, -0.1) is 0 Å². The van der Waals surface area contributed by atoms with Gasteiger partial charge in [-0.2, -0.15) is 5.10 Å². The minimum atomic E-state index is 0.368. The van der Waals surface area contributed by atoms with Gasteiger partial charge in [-0.05, 0) is 24.6 Å². The third-order valence-corrected chi connectivity index (χ3v) is 3.12. The molecule has 0 aliphatic rings. The zero-order chi connectivity index (χ0) is 12.4. The van der Waals surface area contributed by atoms with E-state index in [4.69, 9.17) is 23.2 Å². The fourth-order valence-corrected chi connectivity index (χ4v) is 1.97. The number of carbonyl (C=O) groups is 1. The normalized spacial score (nSPS) is 10.5. The second-order valence-corrected chi connectivity index (χ2v) is 4.49. The van der Waals surface area contributed by atoms with E-state index in [1.54, 1.807) is 11.6 Å². The number of hydrogen-bond acceptors (Lipinski definition) is 2. The molecule has 0 fully saturated rings. The van der Waals surface area contributed by atoms with Crippen LogP contribution in [0.4, 0.5) is 0 Å². The molecule has 0 aliphatic heterocycles. The number of aromatic nitrogens is 2. The fourth-order valence-electron chi connectivity index (χ4n) is 1.57. The van der Waals surface area contributed by atoms with Gasteiger partial charge in [0.25, 0.3) is 0 Å². The topological polar surface area (TPSA) is 34.9 Å². The summed E-state index contributed by atoms with van der Waals surface area (Å²) in [6.45, 7) is 2.28. The van der Waals surface area contributed by atoms with Gasteiger partial charge in [0.15, 0.2) is 6.29 Å². The third kappa shape index (κ3) is 2.51. The fraction of sp³-hybridized carbons (Fsp3) is 0.167. The Kier molecular flexibility index (Phi) is 3.50. The Hall–Kier alpha value is -1.32. The van der Waals surface area contributed by atoms with Crippen molar-refractivity contribution in [1.82, 2.24) is 9.78 Å². The summed E-state index contributed by atoms with van der Waals surface area (Å²) in [5.74, 6) is 0. The first-order valence-electron chi connectivity index (χ1n) is 5.04. The molecule has 5 heteroatoms. The summed E-state index contributed by atoms with van der Waals surface area (Å²) in [5, 5.41) is 5.27. The van der Waals surface area contributed by atoms with Crippen LogP contribution in [-0.4, -0.2) is 16.1 Å². The van der Waals surface area contributed by atoms with Gasteiger partial charge in [0.1, 0.15) is 5.15 Å². The van der Waals surface area contributed by atoms with Crippen LogP contribution in [0.5, 0.6) is 0 Å². The highest BCUT2D eigenvalue weighted by atomic mass is 35.5. The summed E-state index contributed by atoms with van der Waals surface area (Å²) in [6.07, 6.45) is 0.725. The number of nitrogens with zero attached hydrogens (tertiary/aromatic N) is 2. The lowest BCUT2D eigenvalue weighted by Gasteiger charge is -2.03. The minimum Gasteiger partial charge on any atom is -0.298 e. The predicted octanol–water partition coefficient (Wildman–Crippen LogP) is 3.36. The molecular weight excluding hydrogens is 259 g/mol. The number of benzene rings is 1. The molecule has 88 valence electrons. The molecule has 0 saturated carbocycles. The maximum absolute atomic E-state index is 10.8. The molecule has 0 atom stereocenters. The van der Waals surface area contributed by atoms with Gasteiger partial charge in [0.2, 0.25) is 0 Å². The SMILES string of the molecule is Cc1nn(Cc2ccc(Cl)cc2)c(Cl)c1C=O. The van der Waals surface area contributed by atoms with E-state index in [0.717, 1.165) is 11.8 Å². The van der Waals surface area contributed by atoms with E-state index >= 15 is 0 Å². The van der Waals surface area contributed by atoms with Crippen molar-refractivity contribution in [1.29, 1.82) is 0 Å². The molecule has 0 aliphatic carbocycles. The van der Waals surface area contributed by atoms with Crippen molar-refractivity contribution in [3.63, 3.8) is 0 Å². The maximum Gasteiger partial charge on any atom is 0.155 e. The first kappa shape index (κ1) is 12.1. The monoisotopic (exact) mass is 268 g/mol. The number of hydrogen-bond donors (Lipinski definition) is 0. The molecule has 1 aromatic heterocycles. The molecule has 0 spiro atoms. The van der Waals surface area contributed by atoms with Crippen LogP contribution in [-0.2, 0) is 6.54 Å². The van der Waals surface area contributed by atoms with Gasteiger partial charge in [-0.1, -0.05) is 35.3 Å². The number of halogens is 2. The van der Waals surface area contributed by atoms with Crippen LogP contribution in [0, 0.1) is 6.92 Å². The van der Waals surface area contributed by atoms with Crippen molar-refractivity contribution in [3.8, 4) is 0 Å². The van der Waals surface area contributed by atoms with E-state index in [1.165, 1.54) is 0 Å². The molecule has 0 radical (unpaired) electrons. The van der Waals surface area contributed by atoms with Crippen molar-refractivity contribution in [3.05, 3.63) is 51.3 Å². The molecule has 3 nitrogen and oxygen atoms in total. The van der Waals surface area contributed by atoms with Crippen molar-refractivity contribution < 1.29 is 4.79 Å². The Morgan fingerprint density at radius 1 is 1.29 bits per heavy atom. The molecule has 17 heavy (non-hydrogen) atoms. The smallest absolute Gasteiger partial charge is 0.155 e. The largest absolute Gasteiger partial charge is 0.298 e. The van der Waals surface area contributed by atoms with Crippen molar-refractivity contribution in [2.24, 2.45) is 0 Å². The van der Waals surface area contributed by atoms with E-state index in [1.807, 2.05) is 24.3 Å². The van der Waals surface area contributed by atoms with Crippen LogP contribution < -0.4 is 0 Å². The number of rotatable bonds is 3. The van der Waals surface area contributed by atoms with Crippen LogP contribution in [0.3, 0.4) is 0 Å². The van der Waals surface area contributed by atoms with Crippen LogP contribution in [0.2, 0.25) is 10.2 Å². The molecular formula is C12H10Cl2N2O. The maximum atomic E-state index is 10.8. The Labute approximate surface area is 109 Å². The summed E-state index contributed by atoms with van der Waals surface area (Å²) < 4.78 is 1.60. The predicted molar refractivity (Wildman–Crippen MR) is 67.9 cm³/mol. The van der Waals surface area contributed by atoms with Crippen LogP contribution >= 0.6 is 23.2 Å². The van der Waals surface area contributed by atoms with Crippen molar-refractivity contribution in [2.45, 2.75) is 13.5 Å². The Morgan fingerprint density at radius 3 is 2.47 bits per heavy atom. The van der Waals surface area contributed by atoms with Crippen LogP contribution in [0.25, 0.3) is 0 Å². The highest BCUT2D eigenvalue weighted by Crippen LogP contribution is 2.19. The quantitative estimate of drug-likeness (QED) is 0.801. The Morgan fingerprint density at radius 2 is 1.94 bits per heavy atom. The molecule has 2 aromatic rings. The second-order valence-electron chi connectivity index (χ2n) is 3.69. The molecule has 2 rings (SSSR count). The molecule has 0 unspecified atom stereocenters. The summed E-state index contributed by atoms with van der Waals surface area (Å²) in [4.78, 5) is 10.8. The van der Waals surface area contributed by atoms with E-state index in [9.17, 15) is 4.79 Å². The third-order valence-electron chi connectivity index (χ3n) is 2.47. The minimum absolute atomic E-state index is 0.368. The molecule has 1 heterocycles. The highest BCUT2D eigenvalue weighted by molar-refractivity contribution is 6.32. The average molecular weight is 269 g/mol. The first-order valence-corrected chi connectivity index (χ1v) is 5.80. The highest BCUT2D eigenvalue weighted by Gasteiger charge is 2.12. The zero-order valence-electron chi connectivity index (χ0n) is 9.15. The molecule has 1 aromatic carbocycles. The first-order chi connectivity index (χ1) is 8.11. The van der Waals surface area contributed by atoms with Gasteiger partial charge in [-0.25, -0.2) is 4.68 Å². The van der Waals surface area contributed by atoms with Gasteiger partial charge in [0, 0.05) is 5.02 Å². The van der Waals surface area contributed by atoms with Gasteiger partial charge < -0.3 is 0 Å². The van der Waals surface area contributed by atoms with E-state index in [0.29, 0.717) is 28.0 Å². The van der Waals surface area contributed by atoms with Gasteiger partial charge >= 0.3 is 0 Å². The van der Waals surface area contributed by atoms with Crippen molar-refractivity contribution >= 4 is 29.5 Å². The summed E-state index contributed by atoms with van der Waals surface area (Å²) >= 11 is 11.9. The zero-order valence-corrected chi connectivity index (χ0v) is 10.7. The lowest BCUT2D eigenvalue weighted by molar-refractivity contribution is 0.112. The lowest BCUT2D eigenvalue weighted by Crippen LogP contribution is -2.01. The Bertz CT molecular complexity index is 546. The standard InChI is InChI=1S/C12H10Cl2N2O/c1-8-11(7-17)12(14)16(15-8)6-9-2-4-10(13)5-3-9/h2-5,7H,6H2,1H3. The van der Waals surface area contributed by atoms with E-state index < -0.39 is 0 Å². The second kappa shape index (κ2) is 4.90. The molecule has 0 N–H and O–H groups in total. The summed E-state index contributed by atoms with van der Waals surface area (Å²) in [5.41, 5.74) is 2.11. The van der Waals surface area contributed by atoms with Crippen LogP contribution in [0.1, 0.15) is 21.6 Å². The lowest BCUT2D eigenvalue weighted by atomic mass is 10.2. The molecule has 0 amide bonds. The number of aldehydes is 1. The van der Waals surface area contributed by atoms with Gasteiger partial charge in [-0.3, -0.25) is 4.79 Å². The van der Waals surface area contributed by atoms with Crippen LogP contribution in [0.15, 0.2) is 24.3 Å².